The number of halogens is 1. The number of methoxy groups -OCH3 is 1. The van der Waals surface area contributed by atoms with Gasteiger partial charge < -0.3 is 14.8 Å². The SMILES string of the molecule is COCCOCCNCCCCCBr. The molecular weight excluding hydrogens is 246 g/mol. The van der Waals surface area contributed by atoms with Crippen LogP contribution >= 0.6 is 15.9 Å². The molecule has 0 bridgehead atoms. The van der Waals surface area contributed by atoms with Crippen LogP contribution in [0.15, 0.2) is 0 Å². The van der Waals surface area contributed by atoms with Gasteiger partial charge in [-0.3, -0.25) is 0 Å². The van der Waals surface area contributed by atoms with Crippen molar-refractivity contribution >= 4 is 15.9 Å². The first-order chi connectivity index (χ1) is 6.91. The van der Waals surface area contributed by atoms with Crippen molar-refractivity contribution in [1.29, 1.82) is 0 Å². The summed E-state index contributed by atoms with van der Waals surface area (Å²) in [5.41, 5.74) is 0. The topological polar surface area (TPSA) is 30.5 Å². The standard InChI is InChI=1S/C10H22BrNO2/c1-13-9-10-14-8-7-12-6-4-2-3-5-11/h12H,2-10H2,1H3. The quantitative estimate of drug-likeness (QED) is 0.458. The smallest absolute Gasteiger partial charge is 0.0700 e. The molecule has 0 aliphatic rings. The average molecular weight is 268 g/mol. The number of nitrogens with one attached hydrogen (secondary N) is 1. The maximum Gasteiger partial charge on any atom is 0.0700 e. The summed E-state index contributed by atoms with van der Waals surface area (Å²) in [6.45, 7) is 4.20. The monoisotopic (exact) mass is 267 g/mol. The molecule has 0 atom stereocenters. The first-order valence-electron chi connectivity index (χ1n) is 5.25. The predicted octanol–water partition coefficient (Wildman–Crippen LogP) is 1.80. The summed E-state index contributed by atoms with van der Waals surface area (Å²) in [7, 11) is 1.69. The highest BCUT2D eigenvalue weighted by atomic mass is 79.9. The van der Waals surface area contributed by atoms with E-state index in [1.807, 2.05) is 0 Å². The maximum absolute atomic E-state index is 5.31. The van der Waals surface area contributed by atoms with Gasteiger partial charge in [-0.15, -0.1) is 0 Å². The van der Waals surface area contributed by atoms with E-state index in [1.54, 1.807) is 7.11 Å². The second kappa shape index (κ2) is 13.4. The van der Waals surface area contributed by atoms with Crippen molar-refractivity contribution in [1.82, 2.24) is 5.32 Å². The maximum atomic E-state index is 5.31. The third-order valence-corrected chi connectivity index (χ3v) is 2.40. The second-order valence-corrected chi connectivity index (χ2v) is 3.90. The van der Waals surface area contributed by atoms with E-state index in [2.05, 4.69) is 21.2 Å². The predicted molar refractivity (Wildman–Crippen MR) is 63.2 cm³/mol. The van der Waals surface area contributed by atoms with Gasteiger partial charge >= 0.3 is 0 Å². The van der Waals surface area contributed by atoms with Crippen LogP contribution < -0.4 is 5.32 Å². The number of hydrogen-bond acceptors (Lipinski definition) is 3. The minimum Gasteiger partial charge on any atom is -0.382 e. The van der Waals surface area contributed by atoms with Gasteiger partial charge in [0.05, 0.1) is 19.8 Å². The number of hydrogen-bond donors (Lipinski definition) is 1. The Labute approximate surface area is 95.7 Å². The first-order valence-corrected chi connectivity index (χ1v) is 6.37. The lowest BCUT2D eigenvalue weighted by molar-refractivity contribution is 0.0720. The first kappa shape index (κ1) is 14.4. The molecule has 0 fully saturated rings. The van der Waals surface area contributed by atoms with Crippen molar-refractivity contribution in [3.05, 3.63) is 0 Å². The zero-order valence-electron chi connectivity index (χ0n) is 9.06. The van der Waals surface area contributed by atoms with E-state index in [0.29, 0.717) is 13.2 Å². The lowest BCUT2D eigenvalue weighted by atomic mass is 10.2. The molecule has 86 valence electrons. The lowest BCUT2D eigenvalue weighted by Gasteiger charge is -2.05. The molecule has 0 amide bonds. The van der Waals surface area contributed by atoms with Crippen LogP contribution in [-0.2, 0) is 9.47 Å². The molecule has 1 N–H and O–H groups in total. The van der Waals surface area contributed by atoms with E-state index in [1.165, 1.54) is 19.3 Å². The van der Waals surface area contributed by atoms with E-state index in [0.717, 1.165) is 25.0 Å². The van der Waals surface area contributed by atoms with Crippen molar-refractivity contribution in [2.75, 3.05) is 45.4 Å². The molecule has 0 radical (unpaired) electrons. The molecular formula is C10H22BrNO2. The Hall–Kier alpha value is 0.360. The van der Waals surface area contributed by atoms with Crippen LogP contribution in [0.2, 0.25) is 0 Å². The fraction of sp³-hybridized carbons (Fsp3) is 1.00. The van der Waals surface area contributed by atoms with E-state index in [-0.39, 0.29) is 0 Å². The number of alkyl halides is 1. The molecule has 0 aliphatic heterocycles. The van der Waals surface area contributed by atoms with Crippen molar-refractivity contribution in [2.45, 2.75) is 19.3 Å². The van der Waals surface area contributed by atoms with Crippen molar-refractivity contribution < 1.29 is 9.47 Å². The molecule has 0 aromatic heterocycles. The normalized spacial score (nSPS) is 10.7. The van der Waals surface area contributed by atoms with Crippen LogP contribution in [-0.4, -0.2) is 45.4 Å². The van der Waals surface area contributed by atoms with Crippen LogP contribution in [0.1, 0.15) is 19.3 Å². The van der Waals surface area contributed by atoms with Gasteiger partial charge in [-0.2, -0.15) is 0 Å². The summed E-state index contributed by atoms with van der Waals surface area (Å²) < 4.78 is 10.2. The number of rotatable bonds is 11. The fourth-order valence-corrected chi connectivity index (χ4v) is 1.43. The van der Waals surface area contributed by atoms with Gasteiger partial charge in [0.1, 0.15) is 0 Å². The van der Waals surface area contributed by atoms with Crippen molar-refractivity contribution in [2.24, 2.45) is 0 Å². The molecule has 0 saturated carbocycles. The van der Waals surface area contributed by atoms with Gasteiger partial charge in [0.25, 0.3) is 0 Å². The summed E-state index contributed by atoms with van der Waals surface area (Å²) in [4.78, 5) is 0. The van der Waals surface area contributed by atoms with Gasteiger partial charge in [0.15, 0.2) is 0 Å². The minimum absolute atomic E-state index is 0.686. The molecule has 14 heavy (non-hydrogen) atoms. The molecule has 3 nitrogen and oxygen atoms in total. The number of ether oxygens (including phenoxy) is 2. The summed E-state index contributed by atoms with van der Waals surface area (Å²) in [5.74, 6) is 0. The summed E-state index contributed by atoms with van der Waals surface area (Å²) in [6.07, 6.45) is 3.82. The molecule has 0 aromatic rings. The van der Waals surface area contributed by atoms with Crippen LogP contribution in [0.3, 0.4) is 0 Å². The molecule has 0 heterocycles. The highest BCUT2D eigenvalue weighted by Gasteiger charge is 1.90. The average Bonchev–Trinajstić information content (AvgIpc) is 2.21. The fourth-order valence-electron chi connectivity index (χ4n) is 1.03. The Morgan fingerprint density at radius 1 is 1.00 bits per heavy atom. The van der Waals surface area contributed by atoms with Crippen LogP contribution in [0, 0.1) is 0 Å². The van der Waals surface area contributed by atoms with Crippen molar-refractivity contribution in [3.8, 4) is 0 Å². The second-order valence-electron chi connectivity index (χ2n) is 3.10. The van der Waals surface area contributed by atoms with Crippen LogP contribution in [0.4, 0.5) is 0 Å². The zero-order chi connectivity index (χ0) is 10.5. The Morgan fingerprint density at radius 3 is 2.57 bits per heavy atom. The third kappa shape index (κ3) is 12.4. The van der Waals surface area contributed by atoms with E-state index in [9.17, 15) is 0 Å². The largest absolute Gasteiger partial charge is 0.382 e. The minimum atomic E-state index is 0.686. The van der Waals surface area contributed by atoms with Gasteiger partial charge in [0, 0.05) is 19.0 Å². The van der Waals surface area contributed by atoms with Crippen molar-refractivity contribution in [3.63, 3.8) is 0 Å². The summed E-state index contributed by atoms with van der Waals surface area (Å²) >= 11 is 3.42. The summed E-state index contributed by atoms with van der Waals surface area (Å²) in [5, 5.41) is 4.46. The Kier molecular flexibility index (Phi) is 13.7. The molecule has 4 heteroatoms. The highest BCUT2D eigenvalue weighted by Crippen LogP contribution is 1.96. The third-order valence-electron chi connectivity index (χ3n) is 1.84. The molecule has 0 aromatic carbocycles. The molecule has 0 spiro atoms. The highest BCUT2D eigenvalue weighted by molar-refractivity contribution is 9.09. The molecule has 0 unspecified atom stereocenters. The van der Waals surface area contributed by atoms with Gasteiger partial charge in [-0.05, 0) is 19.4 Å². The van der Waals surface area contributed by atoms with Crippen LogP contribution in [0.5, 0.6) is 0 Å². The Bertz CT molecular complexity index is 92.1. The molecule has 0 saturated heterocycles. The van der Waals surface area contributed by atoms with Gasteiger partial charge in [0.2, 0.25) is 0 Å². The van der Waals surface area contributed by atoms with E-state index in [4.69, 9.17) is 9.47 Å². The van der Waals surface area contributed by atoms with Crippen LogP contribution in [0.25, 0.3) is 0 Å². The molecule has 0 rings (SSSR count). The summed E-state index contributed by atoms with van der Waals surface area (Å²) in [6, 6.07) is 0. The molecule has 0 aliphatic carbocycles. The lowest BCUT2D eigenvalue weighted by Crippen LogP contribution is -2.21. The Balaban J connectivity index is 2.78. The van der Waals surface area contributed by atoms with Gasteiger partial charge in [-0.25, -0.2) is 0 Å². The van der Waals surface area contributed by atoms with E-state index < -0.39 is 0 Å². The zero-order valence-corrected chi connectivity index (χ0v) is 10.6. The Morgan fingerprint density at radius 2 is 1.86 bits per heavy atom. The van der Waals surface area contributed by atoms with E-state index >= 15 is 0 Å². The number of unbranched alkanes of at least 4 members (excludes halogenated alkanes) is 2. The van der Waals surface area contributed by atoms with Gasteiger partial charge in [-0.1, -0.05) is 22.4 Å².